The van der Waals surface area contributed by atoms with E-state index in [0.29, 0.717) is 19.5 Å². The number of halogens is 1. The lowest BCUT2D eigenvalue weighted by molar-refractivity contribution is -0.135. The molecule has 0 spiro atoms. The highest BCUT2D eigenvalue weighted by Gasteiger charge is 2.32. The molecule has 3 nitrogen and oxygen atoms in total. The molecule has 0 aliphatic carbocycles. The highest BCUT2D eigenvalue weighted by atomic mass is 19.1. The van der Waals surface area contributed by atoms with Gasteiger partial charge < -0.3 is 9.80 Å². The van der Waals surface area contributed by atoms with E-state index in [9.17, 15) is 9.18 Å². The van der Waals surface area contributed by atoms with Gasteiger partial charge in [0.15, 0.2) is 0 Å². The first-order valence-corrected chi connectivity index (χ1v) is 5.02. The average molecular weight is 202 g/mol. The van der Waals surface area contributed by atoms with Crippen molar-refractivity contribution in [1.82, 2.24) is 9.80 Å². The van der Waals surface area contributed by atoms with Gasteiger partial charge in [-0.2, -0.15) is 0 Å². The molecule has 0 saturated carbocycles. The molecule has 1 aliphatic rings. The van der Waals surface area contributed by atoms with Crippen LogP contribution in [0.3, 0.4) is 0 Å². The number of alkyl halides is 1. The van der Waals surface area contributed by atoms with Gasteiger partial charge in [-0.05, 0) is 33.9 Å². The molecule has 82 valence electrons. The first-order chi connectivity index (χ1) is 6.41. The molecule has 0 bridgehead atoms. The lowest BCUT2D eigenvalue weighted by Crippen LogP contribution is -2.48. The molecule has 4 heteroatoms. The number of piperidine rings is 1. The minimum absolute atomic E-state index is 0.0265. The van der Waals surface area contributed by atoms with Gasteiger partial charge in [0, 0.05) is 6.54 Å². The Kier molecular flexibility index (Phi) is 3.48. The number of hydrogen-bond donors (Lipinski definition) is 0. The molecule has 14 heavy (non-hydrogen) atoms. The molecule has 0 aromatic rings. The van der Waals surface area contributed by atoms with Crippen molar-refractivity contribution >= 4 is 5.91 Å². The maximum absolute atomic E-state index is 13.6. The third-order valence-corrected chi connectivity index (χ3v) is 2.45. The van der Waals surface area contributed by atoms with E-state index in [2.05, 4.69) is 0 Å². The fourth-order valence-electron chi connectivity index (χ4n) is 1.78. The summed E-state index contributed by atoms with van der Waals surface area (Å²) in [6.45, 7) is 2.89. The number of carbonyl (C=O) groups excluding carboxylic acids is 1. The summed E-state index contributed by atoms with van der Waals surface area (Å²) >= 11 is 0. The van der Waals surface area contributed by atoms with E-state index in [-0.39, 0.29) is 12.5 Å². The Morgan fingerprint density at radius 1 is 1.57 bits per heavy atom. The summed E-state index contributed by atoms with van der Waals surface area (Å²) in [6.07, 6.45) is 1.34. The van der Waals surface area contributed by atoms with E-state index < -0.39 is 5.67 Å². The summed E-state index contributed by atoms with van der Waals surface area (Å²) in [6, 6.07) is 0. The van der Waals surface area contributed by atoms with Gasteiger partial charge in [0.05, 0.1) is 13.1 Å². The first kappa shape index (κ1) is 11.4. The van der Waals surface area contributed by atoms with E-state index in [0.717, 1.165) is 6.42 Å². The van der Waals surface area contributed by atoms with Crippen molar-refractivity contribution < 1.29 is 9.18 Å². The molecule has 1 rings (SSSR count). The highest BCUT2D eigenvalue weighted by Crippen LogP contribution is 2.24. The van der Waals surface area contributed by atoms with Gasteiger partial charge in [-0.1, -0.05) is 0 Å². The molecule has 1 aliphatic heterocycles. The zero-order valence-electron chi connectivity index (χ0n) is 9.22. The van der Waals surface area contributed by atoms with Crippen molar-refractivity contribution in [1.29, 1.82) is 0 Å². The maximum Gasteiger partial charge on any atom is 0.236 e. The SMILES string of the molecule is CN(C)CC(=O)N1CCCC(C)(F)C1. The van der Waals surface area contributed by atoms with Gasteiger partial charge in [-0.25, -0.2) is 4.39 Å². The van der Waals surface area contributed by atoms with Crippen LogP contribution in [0.15, 0.2) is 0 Å². The topological polar surface area (TPSA) is 23.6 Å². The molecule has 1 fully saturated rings. The van der Waals surface area contributed by atoms with Gasteiger partial charge in [0.25, 0.3) is 0 Å². The van der Waals surface area contributed by atoms with Crippen molar-refractivity contribution in [3.05, 3.63) is 0 Å². The second-order valence-corrected chi connectivity index (χ2v) is 4.57. The van der Waals surface area contributed by atoms with Crippen molar-refractivity contribution in [2.45, 2.75) is 25.4 Å². The third kappa shape index (κ3) is 3.25. The summed E-state index contributed by atoms with van der Waals surface area (Å²) < 4.78 is 13.6. The number of rotatable bonds is 2. The zero-order valence-corrected chi connectivity index (χ0v) is 9.22. The van der Waals surface area contributed by atoms with Crippen LogP contribution in [-0.2, 0) is 4.79 Å². The van der Waals surface area contributed by atoms with Crippen molar-refractivity contribution in [3.8, 4) is 0 Å². The van der Waals surface area contributed by atoms with Crippen LogP contribution in [0.4, 0.5) is 4.39 Å². The lowest BCUT2D eigenvalue weighted by Gasteiger charge is -2.35. The Bertz CT molecular complexity index is 216. The number of likely N-dealkylation sites (N-methyl/N-ethyl adjacent to an activating group) is 1. The van der Waals surface area contributed by atoms with Gasteiger partial charge in [-0.15, -0.1) is 0 Å². The average Bonchev–Trinajstić information content (AvgIpc) is 2.01. The molecule has 0 aromatic carbocycles. The number of nitrogens with zero attached hydrogens (tertiary/aromatic N) is 2. The van der Waals surface area contributed by atoms with E-state index in [1.807, 2.05) is 19.0 Å². The van der Waals surface area contributed by atoms with Crippen LogP contribution in [-0.4, -0.2) is 55.1 Å². The predicted octanol–water partition coefficient (Wildman–Crippen LogP) is 0.899. The standard InChI is InChI=1S/C10H19FN2O/c1-10(11)5-4-6-13(8-10)9(14)7-12(2)3/h4-8H2,1-3H3. The smallest absolute Gasteiger partial charge is 0.236 e. The summed E-state index contributed by atoms with van der Waals surface area (Å²) in [4.78, 5) is 15.1. The van der Waals surface area contributed by atoms with Gasteiger partial charge >= 0.3 is 0 Å². The Morgan fingerprint density at radius 3 is 2.71 bits per heavy atom. The Balaban J connectivity index is 2.48. The fourth-order valence-corrected chi connectivity index (χ4v) is 1.78. The summed E-state index contributed by atoms with van der Waals surface area (Å²) in [7, 11) is 3.69. The van der Waals surface area contributed by atoms with Crippen molar-refractivity contribution in [2.24, 2.45) is 0 Å². The highest BCUT2D eigenvalue weighted by molar-refractivity contribution is 5.78. The number of carbonyl (C=O) groups is 1. The predicted molar refractivity (Wildman–Crippen MR) is 53.9 cm³/mol. The Labute approximate surface area is 84.9 Å². The molecular weight excluding hydrogens is 183 g/mol. The molecule has 1 amide bonds. The largest absolute Gasteiger partial charge is 0.338 e. The summed E-state index contributed by atoms with van der Waals surface area (Å²) in [5.74, 6) is 0.0265. The number of likely N-dealkylation sites (tertiary alicyclic amines) is 1. The fraction of sp³-hybridized carbons (Fsp3) is 0.900. The first-order valence-electron chi connectivity index (χ1n) is 5.02. The van der Waals surface area contributed by atoms with Crippen molar-refractivity contribution in [3.63, 3.8) is 0 Å². The molecule has 0 N–H and O–H groups in total. The van der Waals surface area contributed by atoms with Crippen molar-refractivity contribution in [2.75, 3.05) is 33.7 Å². The van der Waals surface area contributed by atoms with Crippen LogP contribution in [0.1, 0.15) is 19.8 Å². The molecule has 0 aromatic heterocycles. The van der Waals surface area contributed by atoms with Crippen LogP contribution in [0.25, 0.3) is 0 Å². The summed E-state index contributed by atoms with van der Waals surface area (Å²) in [5, 5.41) is 0. The molecular formula is C10H19FN2O. The number of amides is 1. The van der Waals surface area contributed by atoms with Crippen LogP contribution in [0.5, 0.6) is 0 Å². The van der Waals surface area contributed by atoms with Gasteiger partial charge in [0.2, 0.25) is 5.91 Å². The molecule has 1 atom stereocenters. The third-order valence-electron chi connectivity index (χ3n) is 2.45. The van der Waals surface area contributed by atoms with E-state index >= 15 is 0 Å². The van der Waals surface area contributed by atoms with Gasteiger partial charge in [-0.3, -0.25) is 4.79 Å². The molecule has 1 saturated heterocycles. The van der Waals surface area contributed by atoms with Crippen LogP contribution in [0.2, 0.25) is 0 Å². The number of hydrogen-bond acceptors (Lipinski definition) is 2. The lowest BCUT2D eigenvalue weighted by atomic mass is 9.97. The van der Waals surface area contributed by atoms with Crippen LogP contribution < -0.4 is 0 Å². The Hall–Kier alpha value is -0.640. The molecule has 0 radical (unpaired) electrons. The maximum atomic E-state index is 13.6. The van der Waals surface area contributed by atoms with E-state index in [1.54, 1.807) is 11.8 Å². The second-order valence-electron chi connectivity index (χ2n) is 4.57. The second kappa shape index (κ2) is 4.26. The Morgan fingerprint density at radius 2 is 2.21 bits per heavy atom. The van der Waals surface area contributed by atoms with E-state index in [1.165, 1.54) is 0 Å². The van der Waals surface area contributed by atoms with Crippen LogP contribution >= 0.6 is 0 Å². The molecule has 1 unspecified atom stereocenters. The minimum Gasteiger partial charge on any atom is -0.338 e. The van der Waals surface area contributed by atoms with Crippen LogP contribution in [0, 0.1) is 0 Å². The molecule has 1 heterocycles. The monoisotopic (exact) mass is 202 g/mol. The zero-order chi connectivity index (χ0) is 10.8. The quantitative estimate of drug-likeness (QED) is 0.664. The summed E-state index contributed by atoms with van der Waals surface area (Å²) in [5.41, 5.74) is -1.19. The van der Waals surface area contributed by atoms with E-state index in [4.69, 9.17) is 0 Å². The minimum atomic E-state index is -1.19. The normalized spacial score (nSPS) is 28.2. The van der Waals surface area contributed by atoms with Gasteiger partial charge in [0.1, 0.15) is 5.67 Å².